The van der Waals surface area contributed by atoms with Gasteiger partial charge in [-0.15, -0.1) is 0 Å². The molecule has 94 valence electrons. The summed E-state index contributed by atoms with van der Waals surface area (Å²) in [5, 5.41) is 5.81. The topological polar surface area (TPSA) is 66.9 Å². The van der Waals surface area contributed by atoms with Crippen LogP contribution in [0.4, 0.5) is 5.95 Å². The van der Waals surface area contributed by atoms with Crippen LogP contribution in [0.2, 0.25) is 0 Å². The van der Waals surface area contributed by atoms with Gasteiger partial charge in [-0.3, -0.25) is 4.79 Å². The minimum absolute atomic E-state index is 0.0279. The Labute approximate surface area is 102 Å². The van der Waals surface area contributed by atoms with E-state index < -0.39 is 0 Å². The van der Waals surface area contributed by atoms with Crippen LogP contribution in [0.3, 0.4) is 0 Å². The van der Waals surface area contributed by atoms with Gasteiger partial charge in [-0.2, -0.15) is 0 Å². The van der Waals surface area contributed by atoms with Gasteiger partial charge < -0.3 is 10.6 Å². The number of hydrogen-bond donors (Lipinski definition) is 2. The molecule has 0 radical (unpaired) electrons. The Balaban J connectivity index is 2.55. The molecule has 17 heavy (non-hydrogen) atoms. The van der Waals surface area contributed by atoms with Gasteiger partial charge in [-0.1, -0.05) is 13.8 Å². The summed E-state index contributed by atoms with van der Waals surface area (Å²) in [6.07, 6.45) is 0. The molecule has 0 atom stereocenters. The van der Waals surface area contributed by atoms with Crippen LogP contribution in [-0.2, 0) is 4.79 Å². The van der Waals surface area contributed by atoms with Crippen LogP contribution in [0.5, 0.6) is 0 Å². The second-order valence-electron chi connectivity index (χ2n) is 4.32. The smallest absolute Gasteiger partial charge is 0.223 e. The highest BCUT2D eigenvalue weighted by Crippen LogP contribution is 2.13. The molecule has 0 spiro atoms. The third-order valence-electron chi connectivity index (χ3n) is 2.25. The largest absolute Gasteiger partial charge is 0.355 e. The predicted molar refractivity (Wildman–Crippen MR) is 68.0 cm³/mol. The van der Waals surface area contributed by atoms with Crippen LogP contribution in [-0.4, -0.2) is 29.0 Å². The van der Waals surface area contributed by atoms with Crippen molar-refractivity contribution in [3.05, 3.63) is 17.5 Å². The Bertz CT molecular complexity index is 390. The number of aryl methyl sites for hydroxylation is 1. The van der Waals surface area contributed by atoms with Crippen molar-refractivity contribution in [1.29, 1.82) is 0 Å². The van der Waals surface area contributed by atoms with Crippen molar-refractivity contribution in [3.63, 3.8) is 0 Å². The van der Waals surface area contributed by atoms with E-state index in [0.29, 0.717) is 25.0 Å². The summed E-state index contributed by atoms with van der Waals surface area (Å²) in [6.45, 7) is 8.85. The lowest BCUT2D eigenvalue weighted by atomic mass is 10.1. The highest BCUT2D eigenvalue weighted by molar-refractivity contribution is 5.72. The fourth-order valence-electron chi connectivity index (χ4n) is 1.38. The van der Waals surface area contributed by atoms with Crippen LogP contribution < -0.4 is 10.6 Å². The van der Waals surface area contributed by atoms with Gasteiger partial charge in [0.1, 0.15) is 0 Å². The average Bonchev–Trinajstić information content (AvgIpc) is 2.23. The maximum absolute atomic E-state index is 10.7. The van der Waals surface area contributed by atoms with Crippen molar-refractivity contribution in [1.82, 2.24) is 15.3 Å². The molecule has 2 N–H and O–H groups in total. The van der Waals surface area contributed by atoms with Crippen LogP contribution >= 0.6 is 0 Å². The molecule has 0 aromatic carbocycles. The molecular formula is C12H20N4O. The van der Waals surface area contributed by atoms with Crippen molar-refractivity contribution < 1.29 is 4.79 Å². The molecule has 0 saturated heterocycles. The van der Waals surface area contributed by atoms with Gasteiger partial charge in [0.2, 0.25) is 11.9 Å². The lowest BCUT2D eigenvalue weighted by molar-refractivity contribution is -0.118. The first-order valence-corrected chi connectivity index (χ1v) is 5.83. The summed E-state index contributed by atoms with van der Waals surface area (Å²) >= 11 is 0. The Morgan fingerprint density at radius 1 is 1.35 bits per heavy atom. The van der Waals surface area contributed by atoms with Crippen LogP contribution in [0, 0.1) is 6.92 Å². The SMILES string of the molecule is CC(=O)NCCNc1nc(C)cc(C(C)C)n1. The first-order valence-electron chi connectivity index (χ1n) is 5.83. The fourth-order valence-corrected chi connectivity index (χ4v) is 1.38. The summed E-state index contributed by atoms with van der Waals surface area (Å²) < 4.78 is 0. The second kappa shape index (κ2) is 6.18. The first kappa shape index (κ1) is 13.4. The van der Waals surface area contributed by atoms with Gasteiger partial charge >= 0.3 is 0 Å². The maximum Gasteiger partial charge on any atom is 0.223 e. The van der Waals surface area contributed by atoms with Crippen molar-refractivity contribution in [3.8, 4) is 0 Å². The number of anilines is 1. The summed E-state index contributed by atoms with van der Waals surface area (Å²) in [6, 6.07) is 1.99. The third-order valence-corrected chi connectivity index (χ3v) is 2.25. The molecule has 0 aliphatic carbocycles. The lowest BCUT2D eigenvalue weighted by Gasteiger charge is -2.10. The zero-order valence-electron chi connectivity index (χ0n) is 10.9. The number of carbonyl (C=O) groups excluding carboxylic acids is 1. The molecular weight excluding hydrogens is 216 g/mol. The number of amides is 1. The van der Waals surface area contributed by atoms with E-state index in [1.807, 2.05) is 13.0 Å². The highest BCUT2D eigenvalue weighted by Gasteiger charge is 2.05. The Morgan fingerprint density at radius 3 is 2.65 bits per heavy atom. The van der Waals surface area contributed by atoms with Crippen molar-refractivity contribution in [2.24, 2.45) is 0 Å². The van der Waals surface area contributed by atoms with E-state index in [1.165, 1.54) is 6.92 Å². The van der Waals surface area contributed by atoms with Crippen LogP contribution in [0.25, 0.3) is 0 Å². The van der Waals surface area contributed by atoms with Gasteiger partial charge in [0.15, 0.2) is 0 Å². The molecule has 1 heterocycles. The van der Waals surface area contributed by atoms with Gasteiger partial charge in [0.05, 0.1) is 0 Å². The molecule has 5 heteroatoms. The van der Waals surface area contributed by atoms with E-state index in [-0.39, 0.29) is 5.91 Å². The molecule has 0 aliphatic rings. The normalized spacial score (nSPS) is 10.4. The number of rotatable bonds is 5. The summed E-state index contributed by atoms with van der Waals surface area (Å²) in [5.41, 5.74) is 1.98. The first-order chi connectivity index (χ1) is 7.99. The highest BCUT2D eigenvalue weighted by atomic mass is 16.1. The van der Waals surface area contributed by atoms with E-state index in [1.54, 1.807) is 0 Å². The average molecular weight is 236 g/mol. The van der Waals surface area contributed by atoms with Gasteiger partial charge in [-0.25, -0.2) is 9.97 Å². The van der Waals surface area contributed by atoms with Gasteiger partial charge in [0.25, 0.3) is 0 Å². The lowest BCUT2D eigenvalue weighted by Crippen LogP contribution is -2.26. The number of carbonyl (C=O) groups is 1. The van der Waals surface area contributed by atoms with E-state index in [0.717, 1.165) is 11.4 Å². The number of aromatic nitrogens is 2. The standard InChI is InChI=1S/C12H20N4O/c1-8(2)11-7-9(3)15-12(16-11)14-6-5-13-10(4)17/h7-8H,5-6H2,1-4H3,(H,13,17)(H,14,15,16). The van der Waals surface area contributed by atoms with E-state index >= 15 is 0 Å². The molecule has 0 fully saturated rings. The van der Waals surface area contributed by atoms with Crippen molar-refractivity contribution >= 4 is 11.9 Å². The summed E-state index contributed by atoms with van der Waals surface area (Å²) in [4.78, 5) is 19.4. The zero-order chi connectivity index (χ0) is 12.8. The predicted octanol–water partition coefficient (Wildman–Crippen LogP) is 1.46. The van der Waals surface area contributed by atoms with Crippen molar-refractivity contribution in [2.45, 2.75) is 33.6 Å². The number of nitrogens with one attached hydrogen (secondary N) is 2. The molecule has 0 aliphatic heterocycles. The maximum atomic E-state index is 10.7. The van der Waals surface area contributed by atoms with E-state index in [4.69, 9.17) is 0 Å². The molecule has 0 saturated carbocycles. The number of hydrogen-bond acceptors (Lipinski definition) is 4. The van der Waals surface area contributed by atoms with Crippen LogP contribution in [0.15, 0.2) is 6.07 Å². The molecule has 0 unspecified atom stereocenters. The van der Waals surface area contributed by atoms with E-state index in [2.05, 4.69) is 34.4 Å². The molecule has 1 aromatic heterocycles. The fraction of sp³-hybridized carbons (Fsp3) is 0.583. The van der Waals surface area contributed by atoms with Gasteiger partial charge in [-0.05, 0) is 18.9 Å². The molecule has 5 nitrogen and oxygen atoms in total. The second-order valence-corrected chi connectivity index (χ2v) is 4.32. The molecule has 1 aromatic rings. The minimum Gasteiger partial charge on any atom is -0.355 e. The quantitative estimate of drug-likeness (QED) is 0.759. The van der Waals surface area contributed by atoms with Crippen molar-refractivity contribution in [2.75, 3.05) is 18.4 Å². The molecule has 1 rings (SSSR count). The van der Waals surface area contributed by atoms with E-state index in [9.17, 15) is 4.79 Å². The van der Waals surface area contributed by atoms with Gasteiger partial charge in [0, 0.05) is 31.4 Å². The molecule has 0 bridgehead atoms. The van der Waals surface area contributed by atoms with Crippen LogP contribution in [0.1, 0.15) is 38.1 Å². The zero-order valence-corrected chi connectivity index (χ0v) is 10.9. The summed E-state index contributed by atoms with van der Waals surface area (Å²) in [5.74, 6) is 0.978. The Kier molecular flexibility index (Phi) is 4.87. The molecule has 1 amide bonds. The third kappa shape index (κ3) is 4.80. The Morgan fingerprint density at radius 2 is 2.06 bits per heavy atom. The minimum atomic E-state index is -0.0279. The Hall–Kier alpha value is -1.65. The monoisotopic (exact) mass is 236 g/mol. The summed E-state index contributed by atoms with van der Waals surface area (Å²) in [7, 11) is 0. The number of nitrogens with zero attached hydrogens (tertiary/aromatic N) is 2.